The number of benzene rings is 2. The monoisotopic (exact) mass is 279 g/mol. The average Bonchev–Trinajstić information content (AvgIpc) is 3.29. The zero-order chi connectivity index (χ0) is 14.7. The number of aryl methyl sites for hydroxylation is 2. The first kappa shape index (κ1) is 14.3. The van der Waals surface area contributed by atoms with Crippen molar-refractivity contribution in [3.05, 3.63) is 70.8 Å². The fraction of sp³-hybridized carbons (Fsp3) is 0.400. The second-order valence-corrected chi connectivity index (χ2v) is 6.48. The summed E-state index contributed by atoms with van der Waals surface area (Å²) in [6.45, 7) is 5.41. The molecule has 0 heterocycles. The topological polar surface area (TPSA) is 12.0 Å². The molecule has 21 heavy (non-hydrogen) atoms. The zero-order valence-corrected chi connectivity index (χ0v) is 13.1. The highest BCUT2D eigenvalue weighted by molar-refractivity contribution is 5.29. The average molecular weight is 279 g/mol. The Hall–Kier alpha value is -1.60. The molecule has 3 rings (SSSR count). The minimum absolute atomic E-state index is 0.563. The van der Waals surface area contributed by atoms with Gasteiger partial charge >= 0.3 is 0 Å². The highest BCUT2D eigenvalue weighted by Crippen LogP contribution is 2.24. The fourth-order valence-electron chi connectivity index (χ4n) is 2.87. The van der Waals surface area contributed by atoms with Crippen molar-refractivity contribution in [3.63, 3.8) is 0 Å². The molecular weight excluding hydrogens is 254 g/mol. The minimum atomic E-state index is 0.563. The van der Waals surface area contributed by atoms with Gasteiger partial charge in [-0.05, 0) is 44.2 Å². The third-order valence-corrected chi connectivity index (χ3v) is 4.34. The Bertz CT molecular complexity index is 581. The van der Waals surface area contributed by atoms with Gasteiger partial charge < -0.3 is 5.32 Å². The van der Waals surface area contributed by atoms with E-state index >= 15 is 0 Å². The molecule has 0 aromatic heterocycles. The number of hydrogen-bond donors (Lipinski definition) is 1. The predicted molar refractivity (Wildman–Crippen MR) is 89.8 cm³/mol. The van der Waals surface area contributed by atoms with Gasteiger partial charge in [-0.1, -0.05) is 59.7 Å². The van der Waals surface area contributed by atoms with E-state index in [9.17, 15) is 0 Å². The minimum Gasteiger partial charge on any atom is -0.313 e. The summed E-state index contributed by atoms with van der Waals surface area (Å²) in [5.74, 6) is 0.563. The molecule has 1 nitrogen and oxygen atoms in total. The Kier molecular flexibility index (Phi) is 4.40. The standard InChI is InChI=1S/C20H25N/c1-15-6-8-18(9-7-15)19(14-21-20-10-11-20)13-17-5-3-4-16(2)12-17/h3-9,12,19-21H,10-11,13-14H2,1-2H3. The van der Waals surface area contributed by atoms with Crippen molar-refractivity contribution >= 4 is 0 Å². The zero-order valence-electron chi connectivity index (χ0n) is 13.1. The summed E-state index contributed by atoms with van der Waals surface area (Å²) < 4.78 is 0. The van der Waals surface area contributed by atoms with E-state index in [1.807, 2.05) is 0 Å². The molecule has 2 aromatic carbocycles. The van der Waals surface area contributed by atoms with Crippen molar-refractivity contribution in [1.82, 2.24) is 5.32 Å². The van der Waals surface area contributed by atoms with Gasteiger partial charge in [0.1, 0.15) is 0 Å². The van der Waals surface area contributed by atoms with Gasteiger partial charge in [0.25, 0.3) is 0 Å². The highest BCUT2D eigenvalue weighted by atomic mass is 14.9. The lowest BCUT2D eigenvalue weighted by atomic mass is 9.91. The lowest BCUT2D eigenvalue weighted by molar-refractivity contribution is 0.577. The van der Waals surface area contributed by atoms with Gasteiger partial charge in [-0.2, -0.15) is 0 Å². The second-order valence-electron chi connectivity index (χ2n) is 6.48. The Morgan fingerprint density at radius 3 is 2.43 bits per heavy atom. The maximum Gasteiger partial charge on any atom is 0.00684 e. The van der Waals surface area contributed by atoms with Crippen LogP contribution in [0.5, 0.6) is 0 Å². The van der Waals surface area contributed by atoms with Gasteiger partial charge in [0.15, 0.2) is 0 Å². The summed E-state index contributed by atoms with van der Waals surface area (Å²) in [4.78, 5) is 0. The molecule has 0 aliphatic heterocycles. The molecule has 0 bridgehead atoms. The molecule has 1 fully saturated rings. The molecule has 1 unspecified atom stereocenters. The van der Waals surface area contributed by atoms with Crippen LogP contribution in [-0.4, -0.2) is 12.6 Å². The molecule has 2 aromatic rings. The largest absolute Gasteiger partial charge is 0.313 e. The lowest BCUT2D eigenvalue weighted by Gasteiger charge is -2.19. The summed E-state index contributed by atoms with van der Waals surface area (Å²) >= 11 is 0. The van der Waals surface area contributed by atoms with E-state index < -0.39 is 0 Å². The van der Waals surface area contributed by atoms with Crippen molar-refractivity contribution in [2.24, 2.45) is 0 Å². The van der Waals surface area contributed by atoms with Crippen molar-refractivity contribution in [2.45, 2.75) is 45.1 Å². The van der Waals surface area contributed by atoms with Gasteiger partial charge in [0, 0.05) is 18.5 Å². The first-order valence-electron chi connectivity index (χ1n) is 8.06. The quantitative estimate of drug-likeness (QED) is 0.827. The SMILES string of the molecule is Cc1ccc(C(CNC2CC2)Cc2cccc(C)c2)cc1. The molecule has 0 radical (unpaired) electrons. The molecule has 1 aliphatic carbocycles. The van der Waals surface area contributed by atoms with Crippen molar-refractivity contribution in [1.29, 1.82) is 0 Å². The van der Waals surface area contributed by atoms with E-state index in [1.165, 1.54) is 35.1 Å². The van der Waals surface area contributed by atoms with Gasteiger partial charge in [-0.25, -0.2) is 0 Å². The molecular formula is C20H25N. The first-order chi connectivity index (χ1) is 10.2. The number of rotatable bonds is 6. The van der Waals surface area contributed by atoms with E-state index in [0.29, 0.717) is 5.92 Å². The summed E-state index contributed by atoms with van der Waals surface area (Å²) in [7, 11) is 0. The van der Waals surface area contributed by atoms with Crippen LogP contribution in [0.2, 0.25) is 0 Å². The van der Waals surface area contributed by atoms with Crippen LogP contribution in [0, 0.1) is 13.8 Å². The van der Waals surface area contributed by atoms with E-state index in [-0.39, 0.29) is 0 Å². The molecule has 1 heteroatoms. The van der Waals surface area contributed by atoms with E-state index in [4.69, 9.17) is 0 Å². The maximum atomic E-state index is 3.70. The fourth-order valence-corrected chi connectivity index (χ4v) is 2.87. The highest BCUT2D eigenvalue weighted by Gasteiger charge is 2.22. The van der Waals surface area contributed by atoms with Gasteiger partial charge in [-0.3, -0.25) is 0 Å². The Morgan fingerprint density at radius 1 is 1.00 bits per heavy atom. The molecule has 110 valence electrons. The summed E-state index contributed by atoms with van der Waals surface area (Å²) in [6.07, 6.45) is 3.82. The van der Waals surface area contributed by atoms with Crippen LogP contribution in [0.4, 0.5) is 0 Å². The Labute approximate surface area is 128 Å². The van der Waals surface area contributed by atoms with E-state index in [2.05, 4.69) is 67.7 Å². The molecule has 0 spiro atoms. The Morgan fingerprint density at radius 2 is 1.76 bits per heavy atom. The summed E-state index contributed by atoms with van der Waals surface area (Å²) in [6, 6.07) is 18.7. The maximum absolute atomic E-state index is 3.70. The molecule has 1 aliphatic rings. The normalized spacial score (nSPS) is 15.9. The first-order valence-corrected chi connectivity index (χ1v) is 8.06. The third kappa shape index (κ3) is 4.18. The van der Waals surface area contributed by atoms with E-state index in [0.717, 1.165) is 19.0 Å². The van der Waals surface area contributed by atoms with Crippen LogP contribution >= 0.6 is 0 Å². The molecule has 1 saturated carbocycles. The lowest BCUT2D eigenvalue weighted by Crippen LogP contribution is -2.24. The molecule has 0 amide bonds. The number of hydrogen-bond acceptors (Lipinski definition) is 1. The smallest absolute Gasteiger partial charge is 0.00684 e. The van der Waals surface area contributed by atoms with Crippen molar-refractivity contribution < 1.29 is 0 Å². The van der Waals surface area contributed by atoms with Gasteiger partial charge in [0.05, 0.1) is 0 Å². The summed E-state index contributed by atoms with van der Waals surface area (Å²) in [5.41, 5.74) is 5.59. The van der Waals surface area contributed by atoms with Crippen LogP contribution in [-0.2, 0) is 6.42 Å². The van der Waals surface area contributed by atoms with Gasteiger partial charge in [0.2, 0.25) is 0 Å². The summed E-state index contributed by atoms with van der Waals surface area (Å²) in [5, 5.41) is 3.70. The third-order valence-electron chi connectivity index (χ3n) is 4.34. The number of nitrogens with one attached hydrogen (secondary N) is 1. The van der Waals surface area contributed by atoms with Crippen LogP contribution in [0.25, 0.3) is 0 Å². The van der Waals surface area contributed by atoms with Crippen LogP contribution in [0.1, 0.15) is 41.0 Å². The molecule has 1 N–H and O–H groups in total. The van der Waals surface area contributed by atoms with Crippen LogP contribution in [0.3, 0.4) is 0 Å². The van der Waals surface area contributed by atoms with Crippen molar-refractivity contribution in [2.75, 3.05) is 6.54 Å². The van der Waals surface area contributed by atoms with Gasteiger partial charge in [-0.15, -0.1) is 0 Å². The Balaban J connectivity index is 1.75. The second kappa shape index (κ2) is 6.44. The molecule has 0 saturated heterocycles. The molecule has 1 atom stereocenters. The van der Waals surface area contributed by atoms with Crippen molar-refractivity contribution in [3.8, 4) is 0 Å². The van der Waals surface area contributed by atoms with E-state index in [1.54, 1.807) is 0 Å². The van der Waals surface area contributed by atoms with Crippen LogP contribution in [0.15, 0.2) is 48.5 Å². The van der Waals surface area contributed by atoms with Crippen LogP contribution < -0.4 is 5.32 Å². The predicted octanol–water partition coefficient (Wildman–Crippen LogP) is 4.38.